The van der Waals surface area contributed by atoms with Crippen LogP contribution in [0.5, 0.6) is 0 Å². The summed E-state index contributed by atoms with van der Waals surface area (Å²) in [6, 6.07) is 0. The number of rotatable bonds is 6. The molecule has 8 heteroatoms. The minimum absolute atomic E-state index is 0.112. The highest BCUT2D eigenvalue weighted by atomic mass is 16.7. The number of aliphatic hydroxyl groups is 1. The molecule has 0 spiro atoms. The average molecular weight is 334 g/mol. The van der Waals surface area contributed by atoms with Crippen molar-refractivity contribution in [2.75, 3.05) is 27.6 Å². The summed E-state index contributed by atoms with van der Waals surface area (Å²) in [5.41, 5.74) is -0.456. The summed E-state index contributed by atoms with van der Waals surface area (Å²) in [6.45, 7) is 3.69. The Morgan fingerprint density at radius 2 is 2.00 bits per heavy atom. The molecule has 2 N–H and O–H groups in total. The third-order valence-electron chi connectivity index (χ3n) is 4.82. The number of methoxy groups -OCH3 is 2. The first-order chi connectivity index (χ1) is 10.9. The highest BCUT2D eigenvalue weighted by Crippen LogP contribution is 2.43. The molecule has 2 heterocycles. The maximum Gasteiger partial charge on any atom is 0.335 e. The van der Waals surface area contributed by atoms with Crippen molar-refractivity contribution in [2.24, 2.45) is 5.41 Å². The molecule has 0 aromatic carbocycles. The van der Waals surface area contributed by atoms with Gasteiger partial charge in [-0.15, -0.1) is 0 Å². The third-order valence-corrected chi connectivity index (χ3v) is 4.82. The molecule has 0 aliphatic carbocycles. The van der Waals surface area contributed by atoms with Crippen molar-refractivity contribution < 1.29 is 38.7 Å². The van der Waals surface area contributed by atoms with Crippen molar-refractivity contribution in [3.8, 4) is 0 Å². The number of fused-ring (bicyclic) bond motifs is 1. The molecule has 23 heavy (non-hydrogen) atoms. The first kappa shape index (κ1) is 18.6. The summed E-state index contributed by atoms with van der Waals surface area (Å²) in [4.78, 5) is 11.4. The molecule has 0 amide bonds. The highest BCUT2D eigenvalue weighted by Gasteiger charge is 2.57. The Morgan fingerprint density at radius 3 is 2.52 bits per heavy atom. The normalized spacial score (nSPS) is 37.9. The predicted molar refractivity (Wildman–Crippen MR) is 78.0 cm³/mol. The van der Waals surface area contributed by atoms with E-state index in [9.17, 15) is 15.0 Å². The fourth-order valence-corrected chi connectivity index (χ4v) is 3.43. The molecular weight excluding hydrogens is 308 g/mol. The Balaban J connectivity index is 2.27. The maximum atomic E-state index is 11.4. The van der Waals surface area contributed by atoms with Crippen LogP contribution in [0.15, 0.2) is 0 Å². The van der Waals surface area contributed by atoms with Gasteiger partial charge in [0.2, 0.25) is 0 Å². The monoisotopic (exact) mass is 334 g/mol. The van der Waals surface area contributed by atoms with Gasteiger partial charge in [0.15, 0.2) is 6.10 Å². The van der Waals surface area contributed by atoms with Crippen LogP contribution in [0.3, 0.4) is 0 Å². The van der Waals surface area contributed by atoms with E-state index in [2.05, 4.69) is 0 Å². The lowest BCUT2D eigenvalue weighted by Crippen LogP contribution is -2.67. The van der Waals surface area contributed by atoms with Gasteiger partial charge >= 0.3 is 5.97 Å². The zero-order chi connectivity index (χ0) is 17.2. The van der Waals surface area contributed by atoms with Crippen LogP contribution in [0.25, 0.3) is 0 Å². The molecular formula is C15H26O8. The van der Waals surface area contributed by atoms with Gasteiger partial charge in [0.05, 0.1) is 24.9 Å². The van der Waals surface area contributed by atoms with Crippen molar-refractivity contribution >= 4 is 5.97 Å². The number of carboxylic acid groups (broad SMARTS) is 1. The molecule has 2 fully saturated rings. The Bertz CT molecular complexity index is 408. The Kier molecular flexibility index (Phi) is 5.99. The molecule has 0 saturated carbocycles. The molecule has 0 unspecified atom stereocenters. The summed E-state index contributed by atoms with van der Waals surface area (Å²) in [7, 11) is 3.08. The SMILES string of the molecule is CO[C@H](CO)C[C@H]1O[C@H]2[C@H](OCO[C@@H]2C(=O)O)[C@@H](OC)C1(C)C. The van der Waals surface area contributed by atoms with E-state index in [0.717, 1.165) is 0 Å². The minimum Gasteiger partial charge on any atom is -0.479 e. The minimum atomic E-state index is -1.11. The fourth-order valence-electron chi connectivity index (χ4n) is 3.43. The second kappa shape index (κ2) is 7.42. The summed E-state index contributed by atoms with van der Waals surface area (Å²) in [5, 5.41) is 18.7. The molecule has 6 atom stereocenters. The Morgan fingerprint density at radius 1 is 1.30 bits per heavy atom. The zero-order valence-electron chi connectivity index (χ0n) is 13.9. The number of ether oxygens (including phenoxy) is 5. The second-order valence-electron chi connectivity index (χ2n) is 6.52. The second-order valence-corrected chi connectivity index (χ2v) is 6.52. The Hall–Kier alpha value is -0.770. The van der Waals surface area contributed by atoms with Crippen molar-refractivity contribution in [3.63, 3.8) is 0 Å². The molecule has 2 rings (SSSR count). The number of hydrogen-bond donors (Lipinski definition) is 2. The van der Waals surface area contributed by atoms with Crippen LogP contribution in [0.2, 0.25) is 0 Å². The van der Waals surface area contributed by atoms with E-state index in [1.54, 1.807) is 7.11 Å². The summed E-state index contributed by atoms with van der Waals surface area (Å²) in [5.74, 6) is -1.10. The van der Waals surface area contributed by atoms with Crippen LogP contribution in [0.4, 0.5) is 0 Å². The van der Waals surface area contributed by atoms with Gasteiger partial charge in [-0.1, -0.05) is 13.8 Å². The lowest BCUT2D eigenvalue weighted by atomic mass is 9.72. The van der Waals surface area contributed by atoms with Gasteiger partial charge in [-0.05, 0) is 0 Å². The topological polar surface area (TPSA) is 104 Å². The molecule has 0 radical (unpaired) electrons. The molecule has 0 aromatic heterocycles. The lowest BCUT2D eigenvalue weighted by Gasteiger charge is -2.53. The van der Waals surface area contributed by atoms with Crippen molar-refractivity contribution in [3.05, 3.63) is 0 Å². The van der Waals surface area contributed by atoms with Crippen LogP contribution < -0.4 is 0 Å². The lowest BCUT2D eigenvalue weighted by molar-refractivity contribution is -0.325. The maximum absolute atomic E-state index is 11.4. The standard InChI is InChI=1S/C15H26O8/c1-15(2)9(5-8(6-16)19-3)23-10-11(13(15)20-4)21-7-22-12(10)14(17)18/h8-13,16H,5-7H2,1-4H3,(H,17,18)/t8-,9+,10-,11-,12-,13+/m0/s1. The summed E-state index contributed by atoms with van der Waals surface area (Å²) < 4.78 is 27.7. The van der Waals surface area contributed by atoms with Gasteiger partial charge in [-0.25, -0.2) is 4.79 Å². The van der Waals surface area contributed by atoms with E-state index in [4.69, 9.17) is 23.7 Å². The molecule has 134 valence electrons. The van der Waals surface area contributed by atoms with Crippen molar-refractivity contribution in [1.29, 1.82) is 0 Å². The molecule has 2 aliphatic rings. The number of carbonyl (C=O) groups is 1. The fraction of sp³-hybridized carbons (Fsp3) is 0.933. The molecule has 2 saturated heterocycles. The van der Waals surface area contributed by atoms with Crippen LogP contribution >= 0.6 is 0 Å². The molecule has 2 aliphatic heterocycles. The summed E-state index contributed by atoms with van der Waals surface area (Å²) >= 11 is 0. The third kappa shape index (κ3) is 3.52. The van der Waals surface area contributed by atoms with E-state index in [-0.39, 0.29) is 25.6 Å². The van der Waals surface area contributed by atoms with Gasteiger partial charge in [-0.2, -0.15) is 0 Å². The Labute approximate surface area is 135 Å². The van der Waals surface area contributed by atoms with Crippen LogP contribution in [0, 0.1) is 5.41 Å². The number of hydrogen-bond acceptors (Lipinski definition) is 7. The number of carboxylic acids is 1. The quantitative estimate of drug-likeness (QED) is 0.700. The average Bonchev–Trinajstić information content (AvgIpc) is 2.51. The highest BCUT2D eigenvalue weighted by molar-refractivity contribution is 5.73. The van der Waals surface area contributed by atoms with Gasteiger partial charge in [0.25, 0.3) is 0 Å². The smallest absolute Gasteiger partial charge is 0.335 e. The van der Waals surface area contributed by atoms with Gasteiger partial charge in [0, 0.05) is 26.1 Å². The first-order valence-electron chi connectivity index (χ1n) is 7.64. The van der Waals surface area contributed by atoms with E-state index in [1.165, 1.54) is 7.11 Å². The van der Waals surface area contributed by atoms with E-state index < -0.39 is 35.8 Å². The zero-order valence-corrected chi connectivity index (χ0v) is 13.9. The van der Waals surface area contributed by atoms with E-state index in [1.807, 2.05) is 13.8 Å². The predicted octanol–water partition coefficient (Wildman–Crippen LogP) is 0.0185. The number of aliphatic carboxylic acids is 1. The largest absolute Gasteiger partial charge is 0.479 e. The van der Waals surface area contributed by atoms with Gasteiger partial charge in [-0.3, -0.25) is 0 Å². The van der Waals surface area contributed by atoms with Gasteiger partial charge in [0.1, 0.15) is 19.0 Å². The molecule has 0 aromatic rings. The van der Waals surface area contributed by atoms with E-state index >= 15 is 0 Å². The van der Waals surface area contributed by atoms with E-state index in [0.29, 0.717) is 6.42 Å². The van der Waals surface area contributed by atoms with Crippen molar-refractivity contribution in [2.45, 2.75) is 56.9 Å². The molecule has 0 bridgehead atoms. The van der Waals surface area contributed by atoms with Crippen molar-refractivity contribution in [1.82, 2.24) is 0 Å². The van der Waals surface area contributed by atoms with Crippen LogP contribution in [-0.2, 0) is 28.5 Å². The van der Waals surface area contributed by atoms with Crippen LogP contribution in [0.1, 0.15) is 20.3 Å². The van der Waals surface area contributed by atoms with Crippen LogP contribution in [-0.4, -0.2) is 80.4 Å². The summed E-state index contributed by atoms with van der Waals surface area (Å²) in [6.07, 6.45) is -3.15. The van der Waals surface area contributed by atoms with Gasteiger partial charge < -0.3 is 33.9 Å². The number of aliphatic hydroxyl groups excluding tert-OH is 1. The first-order valence-corrected chi connectivity index (χ1v) is 7.64. The molecule has 8 nitrogen and oxygen atoms in total.